The lowest BCUT2D eigenvalue weighted by atomic mass is 9.91. The van der Waals surface area contributed by atoms with Gasteiger partial charge in [-0.25, -0.2) is 4.39 Å². The van der Waals surface area contributed by atoms with E-state index in [9.17, 15) is 4.39 Å². The van der Waals surface area contributed by atoms with Crippen LogP contribution in [0.5, 0.6) is 0 Å². The van der Waals surface area contributed by atoms with Crippen molar-refractivity contribution in [1.29, 1.82) is 0 Å². The van der Waals surface area contributed by atoms with Crippen molar-refractivity contribution in [3.8, 4) is 0 Å². The average Bonchev–Trinajstić information content (AvgIpc) is 2.32. The Morgan fingerprint density at radius 2 is 2.18 bits per heavy atom. The normalized spacial score (nSPS) is 14.6. The van der Waals surface area contributed by atoms with Crippen molar-refractivity contribution in [3.05, 3.63) is 35.1 Å². The van der Waals surface area contributed by atoms with Crippen molar-refractivity contribution in [2.24, 2.45) is 11.8 Å². The Hall–Kier alpha value is -0.970. The zero-order chi connectivity index (χ0) is 12.8. The Bertz CT molecular complexity index is 357. The van der Waals surface area contributed by atoms with Crippen molar-refractivity contribution < 1.29 is 9.13 Å². The van der Waals surface area contributed by atoms with Crippen molar-refractivity contribution in [2.75, 3.05) is 13.7 Å². The molecule has 1 aromatic carbocycles. The predicted octanol–water partition coefficient (Wildman–Crippen LogP) is 2.31. The molecule has 3 N–H and O–H groups in total. The number of halogens is 1. The van der Waals surface area contributed by atoms with Crippen LogP contribution in [0.25, 0.3) is 0 Å². The van der Waals surface area contributed by atoms with Crippen molar-refractivity contribution >= 4 is 0 Å². The van der Waals surface area contributed by atoms with Crippen molar-refractivity contribution in [1.82, 2.24) is 5.43 Å². The maximum absolute atomic E-state index is 14.0. The summed E-state index contributed by atoms with van der Waals surface area (Å²) < 4.78 is 19.0. The molecule has 17 heavy (non-hydrogen) atoms. The highest BCUT2D eigenvalue weighted by atomic mass is 19.1. The van der Waals surface area contributed by atoms with Crippen molar-refractivity contribution in [3.63, 3.8) is 0 Å². The molecular weight excluding hydrogens is 219 g/mol. The number of hydrazine groups is 1. The molecule has 0 aromatic heterocycles. The molecule has 0 aliphatic heterocycles. The standard InChI is InChI=1S/C13H21FN2O/c1-9-5-4-6-11(12(9)14)13(16-15)10(2)7-8-17-3/h4-6,10,13,16H,7-8,15H2,1-3H3. The van der Waals surface area contributed by atoms with Crippen LogP contribution in [-0.2, 0) is 4.74 Å². The van der Waals surface area contributed by atoms with Gasteiger partial charge in [0.05, 0.1) is 6.04 Å². The second-order valence-electron chi connectivity index (χ2n) is 4.38. The summed E-state index contributed by atoms with van der Waals surface area (Å²) in [6, 6.07) is 5.19. The molecule has 0 spiro atoms. The highest BCUT2D eigenvalue weighted by Crippen LogP contribution is 2.27. The molecule has 2 atom stereocenters. The van der Waals surface area contributed by atoms with Gasteiger partial charge in [-0.15, -0.1) is 0 Å². The van der Waals surface area contributed by atoms with Gasteiger partial charge in [-0.05, 0) is 24.8 Å². The first kappa shape index (κ1) is 14.1. The molecule has 2 unspecified atom stereocenters. The lowest BCUT2D eigenvalue weighted by molar-refractivity contribution is 0.169. The Labute approximate surface area is 102 Å². The third-order valence-electron chi connectivity index (χ3n) is 3.08. The molecule has 0 amide bonds. The number of hydrogen-bond acceptors (Lipinski definition) is 3. The Morgan fingerprint density at radius 1 is 1.47 bits per heavy atom. The molecule has 1 rings (SSSR count). The lowest BCUT2D eigenvalue weighted by Gasteiger charge is -2.24. The van der Waals surface area contributed by atoms with E-state index in [4.69, 9.17) is 10.6 Å². The van der Waals surface area contributed by atoms with E-state index in [1.54, 1.807) is 26.2 Å². The summed E-state index contributed by atoms with van der Waals surface area (Å²) in [7, 11) is 1.66. The van der Waals surface area contributed by atoms with Gasteiger partial charge in [0.1, 0.15) is 5.82 Å². The fraction of sp³-hybridized carbons (Fsp3) is 0.538. The quantitative estimate of drug-likeness (QED) is 0.592. The van der Waals surface area contributed by atoms with E-state index in [1.165, 1.54) is 0 Å². The minimum Gasteiger partial charge on any atom is -0.385 e. The fourth-order valence-corrected chi connectivity index (χ4v) is 1.94. The van der Waals surface area contributed by atoms with E-state index in [0.717, 1.165) is 6.42 Å². The van der Waals surface area contributed by atoms with Crippen LogP contribution in [0.2, 0.25) is 0 Å². The molecule has 3 nitrogen and oxygen atoms in total. The van der Waals surface area contributed by atoms with Gasteiger partial charge in [-0.1, -0.05) is 25.1 Å². The van der Waals surface area contributed by atoms with Gasteiger partial charge in [0.2, 0.25) is 0 Å². The number of nitrogens with one attached hydrogen (secondary N) is 1. The largest absolute Gasteiger partial charge is 0.385 e. The lowest BCUT2D eigenvalue weighted by Crippen LogP contribution is -2.33. The molecule has 0 bridgehead atoms. The fourth-order valence-electron chi connectivity index (χ4n) is 1.94. The molecule has 0 saturated carbocycles. The first-order chi connectivity index (χ1) is 8.11. The SMILES string of the molecule is COCCC(C)C(NN)c1cccc(C)c1F. The van der Waals surface area contributed by atoms with Crippen LogP contribution in [0.3, 0.4) is 0 Å². The third-order valence-corrected chi connectivity index (χ3v) is 3.08. The first-order valence-corrected chi connectivity index (χ1v) is 5.81. The molecule has 0 aliphatic rings. The van der Waals surface area contributed by atoms with Crippen LogP contribution in [0, 0.1) is 18.7 Å². The Morgan fingerprint density at radius 3 is 2.76 bits per heavy atom. The van der Waals surface area contributed by atoms with Gasteiger partial charge in [-0.2, -0.15) is 0 Å². The smallest absolute Gasteiger partial charge is 0.130 e. The van der Waals surface area contributed by atoms with Crippen LogP contribution in [-0.4, -0.2) is 13.7 Å². The Kier molecular flexibility index (Phi) is 5.55. The molecule has 0 fully saturated rings. The van der Waals surface area contributed by atoms with Crippen LogP contribution in [0.1, 0.15) is 30.5 Å². The van der Waals surface area contributed by atoms with E-state index in [2.05, 4.69) is 5.43 Å². The summed E-state index contributed by atoms with van der Waals surface area (Å²) >= 11 is 0. The molecule has 0 saturated heterocycles. The van der Waals surface area contributed by atoms with Crippen LogP contribution < -0.4 is 11.3 Å². The summed E-state index contributed by atoms with van der Waals surface area (Å²) in [6.45, 7) is 4.43. The van der Waals surface area contributed by atoms with E-state index >= 15 is 0 Å². The van der Waals surface area contributed by atoms with Gasteiger partial charge in [0.25, 0.3) is 0 Å². The minimum absolute atomic E-state index is 0.181. The monoisotopic (exact) mass is 240 g/mol. The first-order valence-electron chi connectivity index (χ1n) is 5.81. The zero-order valence-electron chi connectivity index (χ0n) is 10.7. The van der Waals surface area contributed by atoms with Crippen LogP contribution in [0.4, 0.5) is 4.39 Å². The average molecular weight is 240 g/mol. The number of aryl methyl sites for hydroxylation is 1. The maximum atomic E-state index is 14.0. The minimum atomic E-state index is -0.190. The number of methoxy groups -OCH3 is 1. The van der Waals surface area contributed by atoms with Gasteiger partial charge in [-0.3, -0.25) is 11.3 Å². The van der Waals surface area contributed by atoms with Crippen LogP contribution in [0.15, 0.2) is 18.2 Å². The number of nitrogens with two attached hydrogens (primary N) is 1. The molecule has 96 valence electrons. The van der Waals surface area contributed by atoms with E-state index in [1.807, 2.05) is 13.0 Å². The summed E-state index contributed by atoms with van der Waals surface area (Å²) in [5.74, 6) is 5.56. The zero-order valence-corrected chi connectivity index (χ0v) is 10.7. The molecule has 0 aliphatic carbocycles. The van der Waals surface area contributed by atoms with Gasteiger partial charge < -0.3 is 4.74 Å². The summed E-state index contributed by atoms with van der Waals surface area (Å²) in [5.41, 5.74) is 3.96. The van der Waals surface area contributed by atoms with E-state index in [0.29, 0.717) is 17.7 Å². The van der Waals surface area contributed by atoms with Gasteiger partial charge in [0.15, 0.2) is 0 Å². The van der Waals surface area contributed by atoms with Gasteiger partial charge >= 0.3 is 0 Å². The highest BCUT2D eigenvalue weighted by molar-refractivity contribution is 5.27. The highest BCUT2D eigenvalue weighted by Gasteiger charge is 2.21. The molecule has 4 heteroatoms. The topological polar surface area (TPSA) is 47.3 Å². The van der Waals surface area contributed by atoms with E-state index in [-0.39, 0.29) is 17.8 Å². The summed E-state index contributed by atoms with van der Waals surface area (Å²) in [4.78, 5) is 0. The maximum Gasteiger partial charge on any atom is 0.130 e. The Balaban J connectivity index is 2.89. The number of benzene rings is 1. The number of ether oxygens (including phenoxy) is 1. The predicted molar refractivity (Wildman–Crippen MR) is 66.9 cm³/mol. The summed E-state index contributed by atoms with van der Waals surface area (Å²) in [5, 5.41) is 0. The molecule has 1 aromatic rings. The van der Waals surface area contributed by atoms with E-state index < -0.39 is 0 Å². The third kappa shape index (κ3) is 3.49. The summed E-state index contributed by atoms with van der Waals surface area (Å²) in [6.07, 6.45) is 0.832. The molecule has 0 heterocycles. The number of hydrogen-bond donors (Lipinski definition) is 2. The van der Waals surface area contributed by atoms with Crippen LogP contribution >= 0.6 is 0 Å². The van der Waals surface area contributed by atoms with Crippen molar-refractivity contribution in [2.45, 2.75) is 26.3 Å². The van der Waals surface area contributed by atoms with Gasteiger partial charge in [0, 0.05) is 19.3 Å². The molecular formula is C13H21FN2O. The second kappa shape index (κ2) is 6.69. The molecule has 0 radical (unpaired) electrons. The second-order valence-corrected chi connectivity index (χ2v) is 4.38. The number of rotatable bonds is 6.